The van der Waals surface area contributed by atoms with Crippen LogP contribution >= 0.6 is 11.6 Å². The van der Waals surface area contributed by atoms with E-state index in [2.05, 4.69) is 0 Å². The summed E-state index contributed by atoms with van der Waals surface area (Å²) in [5.41, 5.74) is 0.710. The molecule has 0 unspecified atom stereocenters. The number of nitrogens with zero attached hydrogens (tertiary/aromatic N) is 1. The molecule has 1 heterocycles. The zero-order valence-electron chi connectivity index (χ0n) is 14.9. The zero-order chi connectivity index (χ0) is 20.3. The Balaban J connectivity index is 1.67. The summed E-state index contributed by atoms with van der Waals surface area (Å²) in [6.07, 6.45) is 0.291. The van der Waals surface area contributed by atoms with Crippen LogP contribution in [0.4, 0.5) is 5.69 Å². The monoisotopic (exact) mass is 401 g/mol. The Bertz CT molecular complexity index is 955. The van der Waals surface area contributed by atoms with Gasteiger partial charge < -0.3 is 9.47 Å². The summed E-state index contributed by atoms with van der Waals surface area (Å²) >= 11 is 5.99. The predicted octanol–water partition coefficient (Wildman–Crippen LogP) is 3.04. The van der Waals surface area contributed by atoms with E-state index in [1.807, 2.05) is 0 Å². The van der Waals surface area contributed by atoms with Gasteiger partial charge in [-0.3, -0.25) is 19.3 Å². The number of rotatable bonds is 6. The van der Waals surface area contributed by atoms with Crippen LogP contribution in [0.3, 0.4) is 0 Å². The Morgan fingerprint density at radius 1 is 1.04 bits per heavy atom. The number of ether oxygens (including phenoxy) is 2. The minimum Gasteiger partial charge on any atom is -0.495 e. The first-order valence-corrected chi connectivity index (χ1v) is 8.78. The lowest BCUT2D eigenvalue weighted by molar-refractivity contribution is -0.121. The average molecular weight is 402 g/mol. The molecule has 0 aliphatic carbocycles. The van der Waals surface area contributed by atoms with Gasteiger partial charge in [0.1, 0.15) is 5.75 Å². The maximum atomic E-state index is 12.3. The summed E-state index contributed by atoms with van der Waals surface area (Å²) in [4.78, 5) is 49.2. The molecule has 28 heavy (non-hydrogen) atoms. The molecule has 1 aliphatic rings. The SMILES string of the molecule is COc1ccc(C(=O)COC(=O)c2cccc(N3C(=O)CCC3=O)c2)cc1Cl. The minimum atomic E-state index is -0.742. The van der Waals surface area contributed by atoms with Crippen molar-refractivity contribution in [3.8, 4) is 5.75 Å². The van der Waals surface area contributed by atoms with Crippen molar-refractivity contribution >= 4 is 40.9 Å². The molecule has 7 nitrogen and oxygen atoms in total. The fourth-order valence-electron chi connectivity index (χ4n) is 2.77. The van der Waals surface area contributed by atoms with E-state index in [9.17, 15) is 19.2 Å². The van der Waals surface area contributed by atoms with E-state index in [1.54, 1.807) is 12.1 Å². The number of Topliss-reactive ketones (excluding diaryl/α,β-unsaturated/α-hetero) is 1. The fraction of sp³-hybridized carbons (Fsp3) is 0.200. The highest BCUT2D eigenvalue weighted by Gasteiger charge is 2.30. The molecule has 3 rings (SSSR count). The van der Waals surface area contributed by atoms with E-state index in [0.29, 0.717) is 11.4 Å². The van der Waals surface area contributed by atoms with Crippen LogP contribution in [0, 0.1) is 0 Å². The predicted molar refractivity (Wildman–Crippen MR) is 101 cm³/mol. The van der Waals surface area contributed by atoms with Gasteiger partial charge in [0.15, 0.2) is 12.4 Å². The molecule has 0 saturated carbocycles. The van der Waals surface area contributed by atoms with Gasteiger partial charge in [-0.1, -0.05) is 17.7 Å². The van der Waals surface area contributed by atoms with Crippen LogP contribution < -0.4 is 9.64 Å². The third-order valence-electron chi connectivity index (χ3n) is 4.20. The first-order valence-electron chi connectivity index (χ1n) is 8.40. The fourth-order valence-corrected chi connectivity index (χ4v) is 3.03. The Morgan fingerprint density at radius 3 is 2.39 bits per heavy atom. The highest BCUT2D eigenvalue weighted by atomic mass is 35.5. The molecule has 144 valence electrons. The number of anilines is 1. The summed E-state index contributed by atoms with van der Waals surface area (Å²) in [5.74, 6) is -1.38. The number of ketones is 1. The molecule has 0 bridgehead atoms. The number of imide groups is 1. The Morgan fingerprint density at radius 2 is 1.75 bits per heavy atom. The molecule has 0 atom stereocenters. The van der Waals surface area contributed by atoms with E-state index < -0.39 is 18.4 Å². The number of amides is 2. The third kappa shape index (κ3) is 4.04. The second-order valence-corrected chi connectivity index (χ2v) is 6.43. The second-order valence-electron chi connectivity index (χ2n) is 6.02. The molecular formula is C20H16ClNO6. The average Bonchev–Trinajstić information content (AvgIpc) is 3.04. The van der Waals surface area contributed by atoms with Crippen molar-refractivity contribution in [2.24, 2.45) is 0 Å². The molecule has 1 fully saturated rings. The largest absolute Gasteiger partial charge is 0.495 e. The van der Waals surface area contributed by atoms with E-state index in [4.69, 9.17) is 21.1 Å². The van der Waals surface area contributed by atoms with Crippen LogP contribution in [0.5, 0.6) is 5.75 Å². The number of hydrogen-bond donors (Lipinski definition) is 0. The minimum absolute atomic E-state index is 0.130. The summed E-state index contributed by atoms with van der Waals surface area (Å²) < 4.78 is 10.1. The number of hydrogen-bond acceptors (Lipinski definition) is 6. The van der Waals surface area contributed by atoms with E-state index >= 15 is 0 Å². The normalized spacial score (nSPS) is 13.6. The van der Waals surface area contributed by atoms with Gasteiger partial charge in [-0.2, -0.15) is 0 Å². The van der Waals surface area contributed by atoms with Gasteiger partial charge in [0, 0.05) is 18.4 Å². The van der Waals surface area contributed by atoms with Gasteiger partial charge in [-0.25, -0.2) is 4.79 Å². The molecule has 2 amide bonds. The summed E-state index contributed by atoms with van der Waals surface area (Å²) in [6.45, 7) is -0.479. The standard InChI is InChI=1S/C20H16ClNO6/c1-27-17-6-5-12(10-15(17)21)16(23)11-28-20(26)13-3-2-4-14(9-13)22-18(24)7-8-19(22)25/h2-6,9-10H,7-8,11H2,1H3. The molecule has 0 aromatic heterocycles. The third-order valence-corrected chi connectivity index (χ3v) is 4.50. The lowest BCUT2D eigenvalue weighted by Crippen LogP contribution is -2.28. The number of methoxy groups -OCH3 is 1. The van der Waals surface area contributed by atoms with Gasteiger partial charge in [0.05, 0.1) is 23.4 Å². The van der Waals surface area contributed by atoms with Crippen molar-refractivity contribution in [2.75, 3.05) is 18.6 Å². The van der Waals surface area contributed by atoms with Crippen LogP contribution in [0.15, 0.2) is 42.5 Å². The lowest BCUT2D eigenvalue weighted by Gasteiger charge is -2.14. The van der Waals surface area contributed by atoms with Crippen LogP contribution in [0.25, 0.3) is 0 Å². The quantitative estimate of drug-likeness (QED) is 0.420. The van der Waals surface area contributed by atoms with Crippen molar-refractivity contribution in [3.05, 3.63) is 58.6 Å². The van der Waals surface area contributed by atoms with Crippen LogP contribution in [0.2, 0.25) is 5.02 Å². The number of benzene rings is 2. The number of carbonyl (C=O) groups excluding carboxylic acids is 4. The highest BCUT2D eigenvalue weighted by molar-refractivity contribution is 6.32. The number of carbonyl (C=O) groups is 4. The van der Waals surface area contributed by atoms with Crippen LogP contribution in [-0.2, 0) is 14.3 Å². The second kappa shape index (κ2) is 8.22. The van der Waals surface area contributed by atoms with Gasteiger partial charge in [-0.15, -0.1) is 0 Å². The summed E-state index contributed by atoms with van der Waals surface area (Å²) in [7, 11) is 1.46. The van der Waals surface area contributed by atoms with Gasteiger partial charge in [0.25, 0.3) is 0 Å². The number of esters is 1. The molecule has 2 aromatic carbocycles. The molecule has 1 aliphatic heterocycles. The summed E-state index contributed by atoms with van der Waals surface area (Å²) in [6, 6.07) is 10.5. The van der Waals surface area contributed by atoms with Gasteiger partial charge in [-0.05, 0) is 36.4 Å². The highest BCUT2D eigenvalue weighted by Crippen LogP contribution is 2.26. The van der Waals surface area contributed by atoms with Gasteiger partial charge in [0.2, 0.25) is 11.8 Å². The van der Waals surface area contributed by atoms with Crippen molar-refractivity contribution in [1.29, 1.82) is 0 Å². The molecule has 8 heteroatoms. The Labute approximate surface area is 165 Å². The van der Waals surface area contributed by atoms with E-state index in [0.717, 1.165) is 4.90 Å². The topological polar surface area (TPSA) is 90.0 Å². The summed E-state index contributed by atoms with van der Waals surface area (Å²) in [5, 5.41) is 0.271. The zero-order valence-corrected chi connectivity index (χ0v) is 15.7. The molecular weight excluding hydrogens is 386 g/mol. The maximum absolute atomic E-state index is 12.3. The maximum Gasteiger partial charge on any atom is 0.338 e. The first kappa shape index (κ1) is 19.6. The Kier molecular flexibility index (Phi) is 5.75. The van der Waals surface area contributed by atoms with Crippen molar-refractivity contribution in [1.82, 2.24) is 0 Å². The molecule has 1 saturated heterocycles. The van der Waals surface area contributed by atoms with E-state index in [-0.39, 0.29) is 40.8 Å². The van der Waals surface area contributed by atoms with Crippen molar-refractivity contribution < 1.29 is 28.7 Å². The lowest BCUT2D eigenvalue weighted by atomic mass is 10.1. The van der Waals surface area contributed by atoms with E-state index in [1.165, 1.54) is 37.4 Å². The first-order chi connectivity index (χ1) is 13.4. The van der Waals surface area contributed by atoms with Crippen molar-refractivity contribution in [2.45, 2.75) is 12.8 Å². The van der Waals surface area contributed by atoms with Crippen LogP contribution in [-0.4, -0.2) is 37.3 Å². The number of halogens is 1. The smallest absolute Gasteiger partial charge is 0.338 e. The van der Waals surface area contributed by atoms with Crippen molar-refractivity contribution in [3.63, 3.8) is 0 Å². The van der Waals surface area contributed by atoms with Crippen LogP contribution in [0.1, 0.15) is 33.6 Å². The van der Waals surface area contributed by atoms with Gasteiger partial charge >= 0.3 is 5.97 Å². The molecule has 0 radical (unpaired) electrons. The molecule has 0 N–H and O–H groups in total. The Hall–Kier alpha value is -3.19. The molecule has 2 aromatic rings. The molecule has 0 spiro atoms.